The van der Waals surface area contributed by atoms with Crippen molar-refractivity contribution in [2.75, 3.05) is 59.2 Å². The number of guanidine groups is 1. The molecule has 0 saturated carbocycles. The van der Waals surface area contributed by atoms with Crippen LogP contribution in [0.2, 0.25) is 0 Å². The molecule has 7 heteroatoms. The van der Waals surface area contributed by atoms with E-state index in [9.17, 15) is 4.39 Å². The first-order valence-electron chi connectivity index (χ1n) is 10.3. The van der Waals surface area contributed by atoms with Crippen LogP contribution in [0.4, 0.5) is 4.39 Å². The lowest BCUT2D eigenvalue weighted by Gasteiger charge is -2.34. The first kappa shape index (κ1) is 22.6. The number of hydrogen-bond donors (Lipinski definition) is 2. The number of benzene rings is 1. The van der Waals surface area contributed by atoms with Crippen molar-refractivity contribution >= 4 is 5.96 Å². The van der Waals surface area contributed by atoms with Crippen LogP contribution in [0.25, 0.3) is 0 Å². The van der Waals surface area contributed by atoms with Crippen molar-refractivity contribution in [3.8, 4) is 0 Å². The second-order valence-corrected chi connectivity index (χ2v) is 7.33. The third-order valence-electron chi connectivity index (χ3n) is 4.50. The van der Waals surface area contributed by atoms with Gasteiger partial charge in [0.15, 0.2) is 5.96 Å². The smallest absolute Gasteiger partial charge is 0.191 e. The van der Waals surface area contributed by atoms with Gasteiger partial charge >= 0.3 is 0 Å². The second-order valence-electron chi connectivity index (χ2n) is 7.33. The molecule has 158 valence electrons. The van der Waals surface area contributed by atoms with Crippen LogP contribution in [0.15, 0.2) is 29.3 Å². The van der Waals surface area contributed by atoms with Crippen molar-refractivity contribution in [1.82, 2.24) is 15.5 Å². The van der Waals surface area contributed by atoms with Crippen LogP contribution in [0.3, 0.4) is 0 Å². The van der Waals surface area contributed by atoms with Crippen LogP contribution < -0.4 is 10.6 Å². The highest BCUT2D eigenvalue weighted by atomic mass is 19.1. The van der Waals surface area contributed by atoms with Crippen LogP contribution in [-0.2, 0) is 9.47 Å². The van der Waals surface area contributed by atoms with Gasteiger partial charge in [-0.2, -0.15) is 0 Å². The van der Waals surface area contributed by atoms with Crippen LogP contribution in [0.1, 0.15) is 32.4 Å². The van der Waals surface area contributed by atoms with Gasteiger partial charge in [-0.15, -0.1) is 0 Å². The van der Waals surface area contributed by atoms with Gasteiger partial charge in [0.2, 0.25) is 0 Å². The van der Waals surface area contributed by atoms with Gasteiger partial charge in [-0.05, 0) is 30.5 Å². The molecule has 1 aromatic carbocycles. The minimum atomic E-state index is -0.218. The molecular formula is C21H35FN4O2. The van der Waals surface area contributed by atoms with E-state index in [1.165, 1.54) is 12.1 Å². The van der Waals surface area contributed by atoms with Crippen molar-refractivity contribution in [3.05, 3.63) is 35.6 Å². The van der Waals surface area contributed by atoms with Gasteiger partial charge in [0.1, 0.15) is 5.82 Å². The Hall–Kier alpha value is -1.70. The molecule has 1 unspecified atom stereocenters. The third kappa shape index (κ3) is 8.12. The van der Waals surface area contributed by atoms with Crippen molar-refractivity contribution in [1.29, 1.82) is 0 Å². The molecule has 0 amide bonds. The number of halogens is 1. The van der Waals surface area contributed by atoms with Gasteiger partial charge in [-0.3, -0.25) is 9.89 Å². The topological polar surface area (TPSA) is 58.1 Å². The molecule has 1 aromatic rings. The Bertz CT molecular complexity index is 574. The molecule has 0 radical (unpaired) electrons. The lowest BCUT2D eigenvalue weighted by atomic mass is 10.0. The van der Waals surface area contributed by atoms with Crippen molar-refractivity contribution in [2.45, 2.75) is 26.8 Å². The third-order valence-corrected chi connectivity index (χ3v) is 4.50. The number of morpholine rings is 1. The molecule has 0 aromatic heterocycles. The molecule has 28 heavy (non-hydrogen) atoms. The number of nitrogens with zero attached hydrogens (tertiary/aromatic N) is 2. The zero-order valence-corrected chi connectivity index (χ0v) is 17.4. The largest absolute Gasteiger partial charge is 0.379 e. The maximum Gasteiger partial charge on any atom is 0.191 e. The van der Waals surface area contributed by atoms with Crippen LogP contribution >= 0.6 is 0 Å². The van der Waals surface area contributed by atoms with E-state index >= 15 is 0 Å². The summed E-state index contributed by atoms with van der Waals surface area (Å²) >= 11 is 0. The Morgan fingerprint density at radius 1 is 1.21 bits per heavy atom. The van der Waals surface area contributed by atoms with E-state index in [0.717, 1.165) is 37.8 Å². The predicted molar refractivity (Wildman–Crippen MR) is 111 cm³/mol. The van der Waals surface area contributed by atoms with Crippen LogP contribution in [0.5, 0.6) is 0 Å². The zero-order chi connectivity index (χ0) is 20.2. The molecule has 1 fully saturated rings. The van der Waals surface area contributed by atoms with Crippen molar-refractivity contribution in [2.24, 2.45) is 10.9 Å². The first-order valence-corrected chi connectivity index (χ1v) is 10.3. The molecule has 1 saturated heterocycles. The highest BCUT2D eigenvalue weighted by Crippen LogP contribution is 2.22. The highest BCUT2D eigenvalue weighted by Gasteiger charge is 2.22. The Kier molecular flexibility index (Phi) is 10.2. The lowest BCUT2D eigenvalue weighted by Crippen LogP contribution is -2.42. The highest BCUT2D eigenvalue weighted by molar-refractivity contribution is 5.79. The summed E-state index contributed by atoms with van der Waals surface area (Å²) in [6.07, 6.45) is 0. The van der Waals surface area contributed by atoms with E-state index in [2.05, 4.69) is 29.4 Å². The predicted octanol–water partition coefficient (Wildman–Crippen LogP) is 2.43. The number of hydrogen-bond acceptors (Lipinski definition) is 4. The fourth-order valence-corrected chi connectivity index (χ4v) is 3.09. The molecule has 6 nitrogen and oxygen atoms in total. The molecule has 2 rings (SSSR count). The van der Waals surface area contributed by atoms with Crippen LogP contribution in [0, 0.1) is 11.7 Å². The molecule has 1 aliphatic rings. The number of aliphatic imine (C=N–C) groups is 1. The van der Waals surface area contributed by atoms with Crippen molar-refractivity contribution < 1.29 is 13.9 Å². The van der Waals surface area contributed by atoms with E-state index < -0.39 is 0 Å². The Labute approximate surface area is 168 Å². The van der Waals surface area contributed by atoms with Crippen LogP contribution in [-0.4, -0.2) is 70.0 Å². The normalized spacial score (nSPS) is 17.0. The summed E-state index contributed by atoms with van der Waals surface area (Å²) in [5.74, 6) is 1.09. The van der Waals surface area contributed by atoms with E-state index in [1.54, 1.807) is 0 Å². The van der Waals surface area contributed by atoms with Gasteiger partial charge in [-0.1, -0.05) is 26.0 Å². The number of rotatable bonds is 10. The molecular weight excluding hydrogens is 359 g/mol. The molecule has 0 spiro atoms. The summed E-state index contributed by atoms with van der Waals surface area (Å²) in [6, 6.07) is 6.83. The van der Waals surface area contributed by atoms with Crippen molar-refractivity contribution in [3.63, 3.8) is 0 Å². The van der Waals surface area contributed by atoms with Gasteiger partial charge in [0, 0.05) is 32.8 Å². The monoisotopic (exact) mass is 394 g/mol. The first-order chi connectivity index (χ1) is 13.6. The molecule has 1 heterocycles. The number of nitrogens with one attached hydrogen (secondary N) is 2. The molecule has 0 aliphatic carbocycles. The maximum atomic E-state index is 13.4. The summed E-state index contributed by atoms with van der Waals surface area (Å²) in [5.41, 5.74) is 1.07. The van der Waals surface area contributed by atoms with E-state index in [1.807, 2.05) is 19.1 Å². The summed E-state index contributed by atoms with van der Waals surface area (Å²) in [7, 11) is 0. The minimum Gasteiger partial charge on any atom is -0.379 e. The van der Waals surface area contributed by atoms with E-state index in [-0.39, 0.29) is 11.9 Å². The average molecular weight is 395 g/mol. The number of ether oxygens (including phenoxy) is 2. The van der Waals surface area contributed by atoms with Gasteiger partial charge in [0.05, 0.1) is 32.4 Å². The summed E-state index contributed by atoms with van der Waals surface area (Å²) in [5, 5.41) is 6.61. The minimum absolute atomic E-state index is 0.0946. The quantitative estimate of drug-likeness (QED) is 0.363. The molecule has 1 aliphatic heterocycles. The van der Waals surface area contributed by atoms with E-state index in [0.29, 0.717) is 38.8 Å². The van der Waals surface area contributed by atoms with Gasteiger partial charge in [-0.25, -0.2) is 4.39 Å². The van der Waals surface area contributed by atoms with Gasteiger partial charge in [0.25, 0.3) is 0 Å². The summed E-state index contributed by atoms with van der Waals surface area (Å²) in [6.45, 7) is 13.0. The van der Waals surface area contributed by atoms with E-state index in [4.69, 9.17) is 14.5 Å². The fraction of sp³-hybridized carbons (Fsp3) is 0.667. The average Bonchev–Trinajstić information content (AvgIpc) is 2.69. The Morgan fingerprint density at radius 3 is 2.57 bits per heavy atom. The lowest BCUT2D eigenvalue weighted by molar-refractivity contribution is 0.0179. The Morgan fingerprint density at radius 2 is 1.93 bits per heavy atom. The summed E-state index contributed by atoms with van der Waals surface area (Å²) < 4.78 is 24.5. The Balaban J connectivity index is 1.99. The summed E-state index contributed by atoms with van der Waals surface area (Å²) in [4.78, 5) is 7.14. The molecule has 0 bridgehead atoms. The zero-order valence-electron chi connectivity index (χ0n) is 17.4. The second kappa shape index (κ2) is 12.7. The molecule has 2 N–H and O–H groups in total. The fourth-order valence-electron chi connectivity index (χ4n) is 3.09. The van der Waals surface area contributed by atoms with Gasteiger partial charge < -0.3 is 20.1 Å². The SMILES string of the molecule is CCNC(=NCC(c1ccc(F)cc1)N1CCOCC1)NCCOCC(C)C. The standard InChI is InChI=1S/C21H35FN4O2/c1-4-23-21(24-9-12-28-16-17(2)3)25-15-20(26-10-13-27-14-11-26)18-5-7-19(22)8-6-18/h5-8,17,20H,4,9-16H2,1-3H3,(H2,23,24,25). The maximum absolute atomic E-state index is 13.4. The molecule has 1 atom stereocenters.